The first-order valence-corrected chi connectivity index (χ1v) is 10.2. The Morgan fingerprint density at radius 3 is 2.69 bits per heavy atom. The molecule has 0 aliphatic heterocycles. The summed E-state index contributed by atoms with van der Waals surface area (Å²) in [5.41, 5.74) is 3.86. The number of fused-ring (bicyclic) bond motifs is 3. The molecule has 0 amide bonds. The summed E-state index contributed by atoms with van der Waals surface area (Å²) >= 11 is 6.54. The van der Waals surface area contributed by atoms with Crippen molar-refractivity contribution in [1.82, 2.24) is 14.4 Å². The molecule has 0 radical (unpaired) electrons. The lowest BCUT2D eigenvalue weighted by molar-refractivity contribution is 0.300. The molecule has 0 N–H and O–H groups in total. The highest BCUT2D eigenvalue weighted by Crippen LogP contribution is 2.37. The molecule has 4 nitrogen and oxygen atoms in total. The second-order valence-electron chi connectivity index (χ2n) is 7.88. The number of aromatic nitrogens is 3. The molecule has 2 fully saturated rings. The second-order valence-corrected chi connectivity index (χ2v) is 8.24. The van der Waals surface area contributed by atoms with E-state index in [1.807, 2.05) is 19.1 Å². The monoisotopic (exact) mass is 369 g/mol. The van der Waals surface area contributed by atoms with Crippen LogP contribution in [0.5, 0.6) is 5.75 Å². The minimum absolute atomic E-state index is 0.502. The van der Waals surface area contributed by atoms with Crippen LogP contribution in [0.25, 0.3) is 16.6 Å². The Morgan fingerprint density at radius 1 is 1.12 bits per heavy atom. The van der Waals surface area contributed by atoms with E-state index in [9.17, 15) is 0 Å². The van der Waals surface area contributed by atoms with Gasteiger partial charge in [0.2, 0.25) is 0 Å². The summed E-state index contributed by atoms with van der Waals surface area (Å²) in [6.45, 7) is 2.85. The Labute approximate surface area is 158 Å². The summed E-state index contributed by atoms with van der Waals surface area (Å²) in [6.07, 6.45) is 8.90. The third-order valence-corrected chi connectivity index (χ3v) is 6.10. The van der Waals surface area contributed by atoms with Gasteiger partial charge >= 0.3 is 0 Å². The highest BCUT2D eigenvalue weighted by atomic mass is 35.5. The van der Waals surface area contributed by atoms with Crippen molar-refractivity contribution in [2.24, 2.45) is 5.92 Å². The van der Waals surface area contributed by atoms with Crippen molar-refractivity contribution in [3.05, 3.63) is 34.9 Å². The van der Waals surface area contributed by atoms with E-state index >= 15 is 0 Å². The summed E-state index contributed by atoms with van der Waals surface area (Å²) in [6, 6.07) is 6.13. The van der Waals surface area contributed by atoms with Gasteiger partial charge in [0.15, 0.2) is 5.15 Å². The number of halogens is 1. The molecule has 2 saturated carbocycles. The average Bonchev–Trinajstić information content (AvgIpc) is 3.42. The number of nitrogens with zero attached hydrogens (tertiary/aromatic N) is 3. The second kappa shape index (κ2) is 6.41. The molecule has 5 heteroatoms. The maximum absolute atomic E-state index is 6.54. The normalized spacial score (nSPS) is 18.7. The Bertz CT molecular complexity index is 970. The van der Waals surface area contributed by atoms with Crippen molar-refractivity contribution in [2.75, 3.05) is 6.61 Å². The van der Waals surface area contributed by atoms with Crippen molar-refractivity contribution in [1.29, 1.82) is 0 Å². The van der Waals surface area contributed by atoms with E-state index in [4.69, 9.17) is 21.3 Å². The van der Waals surface area contributed by atoms with E-state index in [1.54, 1.807) is 0 Å². The first-order valence-electron chi connectivity index (χ1n) is 9.81. The third-order valence-electron chi connectivity index (χ3n) is 5.83. The number of rotatable bonds is 4. The van der Waals surface area contributed by atoms with Crippen molar-refractivity contribution in [2.45, 2.75) is 57.8 Å². The third kappa shape index (κ3) is 2.84. The van der Waals surface area contributed by atoms with Crippen LogP contribution in [0, 0.1) is 12.8 Å². The number of hydrogen-bond acceptors (Lipinski definition) is 3. The first kappa shape index (κ1) is 16.4. The van der Waals surface area contributed by atoms with E-state index in [0.29, 0.717) is 11.1 Å². The molecule has 2 aromatic heterocycles. The topological polar surface area (TPSA) is 39.4 Å². The maximum Gasteiger partial charge on any atom is 0.155 e. The van der Waals surface area contributed by atoms with Gasteiger partial charge in [-0.3, -0.25) is 4.40 Å². The molecule has 1 aromatic carbocycles. The van der Waals surface area contributed by atoms with Gasteiger partial charge in [-0.05, 0) is 50.7 Å². The molecule has 136 valence electrons. The molecule has 2 aliphatic rings. The molecule has 5 rings (SSSR count). The van der Waals surface area contributed by atoms with Crippen molar-refractivity contribution >= 4 is 28.2 Å². The zero-order valence-corrected chi connectivity index (χ0v) is 15.9. The number of ether oxygens (including phenoxy) is 1. The molecule has 3 aromatic rings. The number of aryl methyl sites for hydroxylation is 1. The average molecular weight is 370 g/mol. The zero-order valence-electron chi connectivity index (χ0n) is 15.2. The maximum atomic E-state index is 6.54. The predicted octanol–water partition coefficient (Wildman–Crippen LogP) is 5.68. The first-order chi connectivity index (χ1) is 12.7. The Hall–Kier alpha value is -1.81. The summed E-state index contributed by atoms with van der Waals surface area (Å²) in [5, 5.41) is 0.538. The van der Waals surface area contributed by atoms with Crippen LogP contribution in [0.4, 0.5) is 0 Å². The number of hydrogen-bond donors (Lipinski definition) is 0. The van der Waals surface area contributed by atoms with Crippen LogP contribution >= 0.6 is 11.6 Å². The molecular formula is C21H24ClN3O. The van der Waals surface area contributed by atoms with Gasteiger partial charge in [0.05, 0.1) is 23.3 Å². The van der Waals surface area contributed by atoms with Gasteiger partial charge in [0, 0.05) is 12.0 Å². The van der Waals surface area contributed by atoms with E-state index in [2.05, 4.69) is 15.5 Å². The van der Waals surface area contributed by atoms with Crippen molar-refractivity contribution < 1.29 is 4.74 Å². The number of benzene rings is 1. The molecule has 0 bridgehead atoms. The molecule has 0 atom stereocenters. The lowest BCUT2D eigenvalue weighted by atomic mass is 9.89. The Balaban J connectivity index is 1.68. The summed E-state index contributed by atoms with van der Waals surface area (Å²) in [4.78, 5) is 9.56. The fraction of sp³-hybridized carbons (Fsp3) is 0.524. The van der Waals surface area contributed by atoms with Crippen LogP contribution in [0.15, 0.2) is 18.2 Å². The summed E-state index contributed by atoms with van der Waals surface area (Å²) in [5.74, 6) is 3.30. The largest absolute Gasteiger partial charge is 0.493 e. The van der Waals surface area contributed by atoms with Crippen LogP contribution in [0.2, 0.25) is 5.15 Å². The van der Waals surface area contributed by atoms with Crippen LogP contribution < -0.4 is 4.74 Å². The predicted molar refractivity (Wildman–Crippen MR) is 104 cm³/mol. The van der Waals surface area contributed by atoms with Gasteiger partial charge in [-0.15, -0.1) is 0 Å². The highest BCUT2D eigenvalue weighted by molar-refractivity contribution is 6.33. The zero-order chi connectivity index (χ0) is 17.7. The summed E-state index contributed by atoms with van der Waals surface area (Å²) < 4.78 is 8.26. The molecular weight excluding hydrogens is 346 g/mol. The van der Waals surface area contributed by atoms with Gasteiger partial charge in [-0.1, -0.05) is 30.9 Å². The van der Waals surface area contributed by atoms with Crippen LogP contribution in [0.3, 0.4) is 0 Å². The molecule has 0 unspecified atom stereocenters. The summed E-state index contributed by atoms with van der Waals surface area (Å²) in [7, 11) is 0. The van der Waals surface area contributed by atoms with E-state index < -0.39 is 0 Å². The quantitative estimate of drug-likeness (QED) is 0.593. The highest BCUT2D eigenvalue weighted by Gasteiger charge is 2.25. The lowest BCUT2D eigenvalue weighted by Crippen LogP contribution is -2.09. The smallest absolute Gasteiger partial charge is 0.155 e. The van der Waals surface area contributed by atoms with E-state index in [0.717, 1.165) is 46.3 Å². The van der Waals surface area contributed by atoms with Gasteiger partial charge < -0.3 is 4.74 Å². The minimum atomic E-state index is 0.502. The van der Waals surface area contributed by atoms with Crippen LogP contribution in [-0.2, 0) is 0 Å². The van der Waals surface area contributed by atoms with E-state index in [1.165, 1.54) is 44.9 Å². The molecule has 0 spiro atoms. The van der Waals surface area contributed by atoms with E-state index in [-0.39, 0.29) is 0 Å². The van der Waals surface area contributed by atoms with Crippen molar-refractivity contribution in [3.8, 4) is 5.75 Å². The number of imidazole rings is 1. The lowest BCUT2D eigenvalue weighted by Gasteiger charge is -2.21. The fourth-order valence-corrected chi connectivity index (χ4v) is 4.51. The Morgan fingerprint density at radius 2 is 1.92 bits per heavy atom. The van der Waals surface area contributed by atoms with Crippen LogP contribution in [0.1, 0.15) is 62.4 Å². The fourth-order valence-electron chi connectivity index (χ4n) is 4.20. The van der Waals surface area contributed by atoms with Crippen LogP contribution in [-0.4, -0.2) is 21.0 Å². The van der Waals surface area contributed by atoms with Crippen molar-refractivity contribution in [3.63, 3.8) is 0 Å². The minimum Gasteiger partial charge on any atom is -0.493 e. The SMILES string of the molecule is Cc1nc(C2CCCCC2)n2c1c(Cl)nc1ccc(OCC3CC3)cc12. The Kier molecular flexibility index (Phi) is 4.04. The van der Waals surface area contributed by atoms with Gasteiger partial charge in [-0.25, -0.2) is 9.97 Å². The molecule has 2 heterocycles. The molecule has 26 heavy (non-hydrogen) atoms. The molecule has 2 aliphatic carbocycles. The van der Waals surface area contributed by atoms with Gasteiger partial charge in [-0.2, -0.15) is 0 Å². The van der Waals surface area contributed by atoms with Gasteiger partial charge in [0.25, 0.3) is 0 Å². The molecule has 0 saturated heterocycles. The van der Waals surface area contributed by atoms with Gasteiger partial charge in [0.1, 0.15) is 17.1 Å². The standard InChI is InChI=1S/C21H24ClN3O/c1-13-19-20(22)24-17-10-9-16(26-12-14-7-8-14)11-18(17)25(19)21(23-13)15-5-3-2-4-6-15/h9-11,14-15H,2-8,12H2,1H3.